The largest absolute Gasteiger partial charge is 0.489 e. The minimum atomic E-state index is -0.636. The molecule has 0 unspecified atom stereocenters. The van der Waals surface area contributed by atoms with Gasteiger partial charge >= 0.3 is 0 Å². The lowest BCUT2D eigenvalue weighted by Crippen LogP contribution is -2.02. The van der Waals surface area contributed by atoms with Gasteiger partial charge in [-0.3, -0.25) is 4.79 Å². The zero-order chi connectivity index (χ0) is 15.4. The van der Waals surface area contributed by atoms with Crippen LogP contribution < -0.4 is 10.1 Å². The van der Waals surface area contributed by atoms with Crippen molar-refractivity contribution in [2.45, 2.75) is 20.5 Å². The van der Waals surface area contributed by atoms with Gasteiger partial charge in [0.2, 0.25) is 6.41 Å². The topological polar surface area (TPSA) is 38.3 Å². The van der Waals surface area contributed by atoms with Crippen molar-refractivity contribution >= 4 is 12.1 Å². The van der Waals surface area contributed by atoms with Crippen LogP contribution in [0.5, 0.6) is 5.75 Å². The summed E-state index contributed by atoms with van der Waals surface area (Å²) < 4.78 is 31.9. The Morgan fingerprint density at radius 2 is 1.81 bits per heavy atom. The predicted molar refractivity (Wildman–Crippen MR) is 76.3 cm³/mol. The molecule has 0 atom stereocenters. The summed E-state index contributed by atoms with van der Waals surface area (Å²) in [5.41, 5.74) is 2.69. The number of anilines is 1. The quantitative estimate of drug-likeness (QED) is 0.852. The zero-order valence-electron chi connectivity index (χ0n) is 11.7. The molecule has 2 aromatic carbocycles. The molecule has 0 bridgehead atoms. The van der Waals surface area contributed by atoms with Crippen molar-refractivity contribution < 1.29 is 18.3 Å². The first-order chi connectivity index (χ1) is 10.0. The van der Waals surface area contributed by atoms with Gasteiger partial charge in [0.05, 0.1) is 0 Å². The van der Waals surface area contributed by atoms with Gasteiger partial charge in [-0.2, -0.15) is 0 Å². The second-order valence-corrected chi connectivity index (χ2v) is 4.72. The molecule has 0 aliphatic carbocycles. The summed E-state index contributed by atoms with van der Waals surface area (Å²) in [7, 11) is 0. The third-order valence-corrected chi connectivity index (χ3v) is 3.12. The van der Waals surface area contributed by atoms with Crippen molar-refractivity contribution in [3.8, 4) is 5.75 Å². The maximum atomic E-state index is 13.5. The fraction of sp³-hybridized carbons (Fsp3) is 0.188. The van der Waals surface area contributed by atoms with E-state index in [4.69, 9.17) is 4.74 Å². The average Bonchev–Trinajstić information content (AvgIpc) is 2.42. The van der Waals surface area contributed by atoms with Gasteiger partial charge in [-0.1, -0.05) is 0 Å². The fourth-order valence-electron chi connectivity index (χ4n) is 2.09. The van der Waals surface area contributed by atoms with Crippen LogP contribution >= 0.6 is 0 Å². The third-order valence-electron chi connectivity index (χ3n) is 3.12. The summed E-state index contributed by atoms with van der Waals surface area (Å²) in [6.07, 6.45) is 0.615. The molecule has 0 aliphatic heterocycles. The van der Waals surface area contributed by atoms with Crippen LogP contribution in [-0.2, 0) is 11.4 Å². The Morgan fingerprint density at radius 3 is 2.38 bits per heavy atom. The van der Waals surface area contributed by atoms with Crippen LogP contribution in [0, 0.1) is 25.5 Å². The lowest BCUT2D eigenvalue weighted by molar-refractivity contribution is -0.105. The van der Waals surface area contributed by atoms with E-state index in [2.05, 4.69) is 5.32 Å². The van der Waals surface area contributed by atoms with Crippen molar-refractivity contribution in [2.24, 2.45) is 0 Å². The Kier molecular flexibility index (Phi) is 4.52. The number of carbonyl (C=O) groups is 1. The van der Waals surface area contributed by atoms with E-state index in [0.717, 1.165) is 22.9 Å². The number of benzene rings is 2. The van der Waals surface area contributed by atoms with Crippen LogP contribution in [0.3, 0.4) is 0 Å². The minimum Gasteiger partial charge on any atom is -0.489 e. The summed E-state index contributed by atoms with van der Waals surface area (Å²) in [6, 6.07) is 6.87. The van der Waals surface area contributed by atoms with Crippen LogP contribution in [0.1, 0.15) is 16.7 Å². The first-order valence-corrected chi connectivity index (χ1v) is 6.39. The molecule has 0 spiro atoms. The Hall–Kier alpha value is -2.43. The number of aryl methyl sites for hydroxylation is 2. The molecule has 0 aliphatic rings. The molecule has 3 nitrogen and oxygen atoms in total. The highest BCUT2D eigenvalue weighted by Gasteiger charge is 2.08. The monoisotopic (exact) mass is 291 g/mol. The van der Waals surface area contributed by atoms with Crippen molar-refractivity contribution in [3.63, 3.8) is 0 Å². The number of halogens is 2. The number of rotatable bonds is 5. The van der Waals surface area contributed by atoms with E-state index >= 15 is 0 Å². The molecule has 1 amide bonds. The van der Waals surface area contributed by atoms with Gasteiger partial charge in [0.1, 0.15) is 24.0 Å². The van der Waals surface area contributed by atoms with Gasteiger partial charge in [0.25, 0.3) is 0 Å². The fourth-order valence-corrected chi connectivity index (χ4v) is 2.09. The van der Waals surface area contributed by atoms with Gasteiger partial charge in [0, 0.05) is 17.3 Å². The molecule has 5 heteroatoms. The van der Waals surface area contributed by atoms with Crippen molar-refractivity contribution in [3.05, 3.63) is 58.7 Å². The van der Waals surface area contributed by atoms with E-state index in [1.54, 1.807) is 12.1 Å². The molecular weight excluding hydrogens is 276 g/mol. The molecule has 0 aromatic heterocycles. The number of nitrogens with one attached hydrogen (secondary N) is 1. The molecule has 0 saturated heterocycles. The van der Waals surface area contributed by atoms with E-state index < -0.39 is 11.6 Å². The molecular formula is C16H15F2NO2. The SMILES string of the molecule is Cc1cc(OCc2ccc(F)cc2F)cc(C)c1NC=O. The summed E-state index contributed by atoms with van der Waals surface area (Å²) in [4.78, 5) is 10.5. The summed E-state index contributed by atoms with van der Waals surface area (Å²) in [6.45, 7) is 3.68. The molecule has 1 N–H and O–H groups in total. The molecule has 2 aromatic rings. The number of hydrogen-bond donors (Lipinski definition) is 1. The van der Waals surface area contributed by atoms with E-state index in [0.29, 0.717) is 12.2 Å². The number of amides is 1. The Bertz CT molecular complexity index is 648. The van der Waals surface area contributed by atoms with Crippen LogP contribution in [0.15, 0.2) is 30.3 Å². The number of ether oxygens (including phenoxy) is 1. The van der Waals surface area contributed by atoms with E-state index in [1.165, 1.54) is 12.1 Å². The van der Waals surface area contributed by atoms with Crippen molar-refractivity contribution in [1.82, 2.24) is 0 Å². The molecule has 0 heterocycles. The summed E-state index contributed by atoms with van der Waals surface area (Å²) in [5.74, 6) is -0.694. The zero-order valence-corrected chi connectivity index (χ0v) is 11.7. The second-order valence-electron chi connectivity index (χ2n) is 4.72. The normalized spacial score (nSPS) is 10.3. The van der Waals surface area contributed by atoms with Crippen LogP contribution in [0.25, 0.3) is 0 Å². The minimum absolute atomic E-state index is 0.00541. The first kappa shape index (κ1) is 15.0. The van der Waals surface area contributed by atoms with Gasteiger partial charge < -0.3 is 10.1 Å². The van der Waals surface area contributed by atoms with E-state index in [-0.39, 0.29) is 12.2 Å². The third kappa shape index (κ3) is 3.56. The Balaban J connectivity index is 2.15. The lowest BCUT2D eigenvalue weighted by Gasteiger charge is -2.13. The van der Waals surface area contributed by atoms with Crippen LogP contribution in [-0.4, -0.2) is 6.41 Å². The van der Waals surface area contributed by atoms with Gasteiger partial charge in [-0.05, 0) is 49.2 Å². The van der Waals surface area contributed by atoms with E-state index in [1.807, 2.05) is 13.8 Å². The maximum absolute atomic E-state index is 13.5. The Morgan fingerprint density at radius 1 is 1.14 bits per heavy atom. The maximum Gasteiger partial charge on any atom is 0.211 e. The molecule has 0 radical (unpaired) electrons. The molecule has 110 valence electrons. The van der Waals surface area contributed by atoms with Crippen LogP contribution in [0.2, 0.25) is 0 Å². The highest BCUT2D eigenvalue weighted by Crippen LogP contribution is 2.26. The first-order valence-electron chi connectivity index (χ1n) is 6.39. The van der Waals surface area contributed by atoms with Gasteiger partial charge in [0.15, 0.2) is 0 Å². The van der Waals surface area contributed by atoms with E-state index in [9.17, 15) is 13.6 Å². The smallest absolute Gasteiger partial charge is 0.211 e. The second kappa shape index (κ2) is 6.35. The van der Waals surface area contributed by atoms with Crippen LogP contribution in [0.4, 0.5) is 14.5 Å². The predicted octanol–water partition coefficient (Wildman–Crippen LogP) is 3.73. The number of carbonyl (C=O) groups excluding carboxylic acids is 1. The lowest BCUT2D eigenvalue weighted by atomic mass is 10.1. The summed E-state index contributed by atoms with van der Waals surface area (Å²) >= 11 is 0. The molecule has 0 saturated carbocycles. The van der Waals surface area contributed by atoms with Gasteiger partial charge in [-0.15, -0.1) is 0 Å². The Labute approximate surface area is 121 Å². The van der Waals surface area contributed by atoms with Crippen molar-refractivity contribution in [1.29, 1.82) is 0 Å². The van der Waals surface area contributed by atoms with Crippen molar-refractivity contribution in [2.75, 3.05) is 5.32 Å². The summed E-state index contributed by atoms with van der Waals surface area (Å²) in [5, 5.41) is 2.62. The van der Waals surface area contributed by atoms with Gasteiger partial charge in [-0.25, -0.2) is 8.78 Å². The molecule has 0 fully saturated rings. The standard InChI is InChI=1S/C16H15F2NO2/c1-10-5-14(6-11(2)16(10)19-9-20)21-8-12-3-4-13(17)7-15(12)18/h3-7,9H,8H2,1-2H3,(H,19,20). The average molecular weight is 291 g/mol. The number of hydrogen-bond acceptors (Lipinski definition) is 2. The molecule has 2 rings (SSSR count). The molecule has 21 heavy (non-hydrogen) atoms. The highest BCUT2D eigenvalue weighted by atomic mass is 19.1. The highest BCUT2D eigenvalue weighted by molar-refractivity contribution is 5.76.